The molecule has 5 nitrogen and oxygen atoms in total. The minimum atomic E-state index is -3.14. The van der Waals surface area contributed by atoms with Gasteiger partial charge in [-0.15, -0.1) is 0 Å². The number of anilines is 1. The standard InChI is InChI=1S/C24H28N3O2P/c1-24(2)17-21-23(22(18-24)26-13-15-29-16-14-26)30(28,20-11-7-4-8-12-20)27(25-21)19-9-5-3-6-10-19/h3-12H,13-18H2,1-2H3. The van der Waals surface area contributed by atoms with Gasteiger partial charge in [0.2, 0.25) is 0 Å². The van der Waals surface area contributed by atoms with Crippen LogP contribution in [0, 0.1) is 5.41 Å². The van der Waals surface area contributed by atoms with E-state index in [9.17, 15) is 0 Å². The Morgan fingerprint density at radius 1 is 0.933 bits per heavy atom. The van der Waals surface area contributed by atoms with Crippen LogP contribution in [0.3, 0.4) is 0 Å². The van der Waals surface area contributed by atoms with Crippen molar-refractivity contribution in [2.45, 2.75) is 26.7 Å². The molecule has 1 atom stereocenters. The van der Waals surface area contributed by atoms with E-state index in [-0.39, 0.29) is 5.41 Å². The fourth-order valence-electron chi connectivity index (χ4n) is 4.75. The Morgan fingerprint density at radius 2 is 1.57 bits per heavy atom. The first-order valence-electron chi connectivity index (χ1n) is 10.6. The maximum Gasteiger partial charge on any atom is 0.252 e. The summed E-state index contributed by atoms with van der Waals surface area (Å²) in [5.41, 5.74) is 3.12. The van der Waals surface area contributed by atoms with Crippen LogP contribution in [0.4, 0.5) is 5.69 Å². The first kappa shape index (κ1) is 19.6. The Balaban J connectivity index is 1.75. The third-order valence-corrected chi connectivity index (χ3v) is 9.08. The van der Waals surface area contributed by atoms with E-state index in [1.807, 2.05) is 65.4 Å². The molecule has 0 N–H and O–H groups in total. The molecule has 156 valence electrons. The summed E-state index contributed by atoms with van der Waals surface area (Å²) in [6.07, 6.45) is 1.73. The van der Waals surface area contributed by atoms with E-state index in [2.05, 4.69) is 18.7 Å². The number of allylic oxidation sites excluding steroid dienone is 2. The Morgan fingerprint density at radius 3 is 2.23 bits per heavy atom. The van der Waals surface area contributed by atoms with Crippen LogP contribution in [-0.2, 0) is 9.30 Å². The van der Waals surface area contributed by atoms with Crippen molar-refractivity contribution >= 4 is 24.0 Å². The van der Waals surface area contributed by atoms with Gasteiger partial charge in [0, 0.05) is 24.1 Å². The molecule has 6 heteroatoms. The van der Waals surface area contributed by atoms with Crippen LogP contribution in [0.25, 0.3) is 0 Å². The monoisotopic (exact) mass is 421 g/mol. The molecule has 0 radical (unpaired) electrons. The SMILES string of the molecule is CC1(C)CC2=NN(c3ccccc3)P(=O)(c3ccccc3)C2=C(N2CCOCC2)C1. The van der Waals surface area contributed by atoms with Gasteiger partial charge in [-0.2, -0.15) is 5.10 Å². The zero-order valence-corrected chi connectivity index (χ0v) is 18.5. The van der Waals surface area contributed by atoms with Gasteiger partial charge >= 0.3 is 0 Å². The quantitative estimate of drug-likeness (QED) is 0.666. The summed E-state index contributed by atoms with van der Waals surface area (Å²) in [4.78, 5) is 2.39. The Kier molecular flexibility index (Phi) is 4.83. The summed E-state index contributed by atoms with van der Waals surface area (Å²) in [5.74, 6) is 0. The molecule has 0 bridgehead atoms. The smallest absolute Gasteiger partial charge is 0.252 e. The van der Waals surface area contributed by atoms with Crippen molar-refractivity contribution in [1.82, 2.24) is 4.90 Å². The molecule has 0 amide bonds. The summed E-state index contributed by atoms with van der Waals surface area (Å²) in [7, 11) is -3.14. The number of ether oxygens (including phenoxy) is 1. The zero-order chi connectivity index (χ0) is 20.8. The molecule has 1 aliphatic carbocycles. The van der Waals surface area contributed by atoms with E-state index >= 15 is 4.57 Å². The first-order chi connectivity index (χ1) is 14.5. The topological polar surface area (TPSA) is 45.1 Å². The molecule has 2 aromatic rings. The second-order valence-electron chi connectivity index (χ2n) is 9.00. The lowest BCUT2D eigenvalue weighted by Gasteiger charge is -2.40. The molecule has 0 saturated carbocycles. The van der Waals surface area contributed by atoms with E-state index in [4.69, 9.17) is 9.84 Å². The fourth-order valence-corrected chi connectivity index (χ4v) is 7.73. The third kappa shape index (κ3) is 3.21. The van der Waals surface area contributed by atoms with Crippen molar-refractivity contribution in [3.05, 3.63) is 71.7 Å². The van der Waals surface area contributed by atoms with E-state index in [0.717, 1.165) is 47.9 Å². The summed E-state index contributed by atoms with van der Waals surface area (Å²) < 4.78 is 22.5. The zero-order valence-electron chi connectivity index (χ0n) is 17.6. The van der Waals surface area contributed by atoms with Gasteiger partial charge in [0.1, 0.15) is 0 Å². The van der Waals surface area contributed by atoms with Gasteiger partial charge in [0.05, 0.1) is 29.9 Å². The van der Waals surface area contributed by atoms with Crippen LogP contribution < -0.4 is 10.1 Å². The lowest BCUT2D eigenvalue weighted by molar-refractivity contribution is 0.0489. The molecule has 2 heterocycles. The van der Waals surface area contributed by atoms with Crippen LogP contribution in [0.15, 0.2) is 76.8 Å². The number of benzene rings is 2. The van der Waals surface area contributed by atoms with Crippen molar-refractivity contribution in [3.8, 4) is 0 Å². The first-order valence-corrected chi connectivity index (χ1v) is 12.3. The van der Waals surface area contributed by atoms with Gasteiger partial charge < -0.3 is 9.64 Å². The van der Waals surface area contributed by atoms with E-state index in [0.29, 0.717) is 13.2 Å². The third-order valence-electron chi connectivity index (χ3n) is 6.11. The Hall–Kier alpha value is -2.36. The Labute approximate surface area is 178 Å². The highest BCUT2D eigenvalue weighted by molar-refractivity contribution is 7.78. The number of hydrogen-bond acceptors (Lipinski definition) is 4. The maximum atomic E-state index is 15.1. The van der Waals surface area contributed by atoms with Crippen molar-refractivity contribution in [3.63, 3.8) is 0 Å². The Bertz CT molecular complexity index is 1040. The molecular formula is C24H28N3O2P. The maximum absolute atomic E-state index is 15.1. The number of rotatable bonds is 3. The minimum Gasteiger partial charge on any atom is -0.378 e. The van der Waals surface area contributed by atoms with Crippen LogP contribution >= 0.6 is 7.29 Å². The molecule has 1 saturated heterocycles. The molecule has 30 heavy (non-hydrogen) atoms. The largest absolute Gasteiger partial charge is 0.378 e. The van der Waals surface area contributed by atoms with Crippen LogP contribution in [0.5, 0.6) is 0 Å². The van der Waals surface area contributed by atoms with E-state index < -0.39 is 7.29 Å². The lowest BCUT2D eigenvalue weighted by Crippen LogP contribution is -2.40. The van der Waals surface area contributed by atoms with Crippen molar-refractivity contribution in [2.75, 3.05) is 31.1 Å². The number of hydrogen-bond donors (Lipinski definition) is 0. The number of para-hydroxylation sites is 1. The molecule has 0 spiro atoms. The van der Waals surface area contributed by atoms with Crippen molar-refractivity contribution < 1.29 is 9.30 Å². The van der Waals surface area contributed by atoms with Gasteiger partial charge in [-0.25, -0.2) is 4.78 Å². The fraction of sp³-hybridized carbons (Fsp3) is 0.375. The van der Waals surface area contributed by atoms with Crippen molar-refractivity contribution in [2.24, 2.45) is 10.5 Å². The molecular weight excluding hydrogens is 393 g/mol. The summed E-state index contributed by atoms with van der Waals surface area (Å²) in [5, 5.41) is 6.82. The second-order valence-corrected chi connectivity index (χ2v) is 11.5. The predicted molar refractivity (Wildman–Crippen MR) is 122 cm³/mol. The highest BCUT2D eigenvalue weighted by Gasteiger charge is 2.51. The van der Waals surface area contributed by atoms with Crippen molar-refractivity contribution in [1.29, 1.82) is 0 Å². The normalized spacial score (nSPS) is 25.9. The summed E-state index contributed by atoms with van der Waals surface area (Å²) >= 11 is 0. The number of nitrogens with zero attached hydrogens (tertiary/aromatic N) is 3. The number of hydrazone groups is 1. The number of morpholine rings is 1. The summed E-state index contributed by atoms with van der Waals surface area (Å²) in [6.45, 7) is 7.66. The molecule has 2 aliphatic heterocycles. The lowest BCUT2D eigenvalue weighted by atomic mass is 9.78. The average Bonchev–Trinajstić information content (AvgIpc) is 3.07. The molecule has 3 aliphatic rings. The van der Waals surface area contributed by atoms with Gasteiger partial charge in [0.15, 0.2) is 0 Å². The molecule has 1 fully saturated rings. The predicted octanol–water partition coefficient (Wildman–Crippen LogP) is 4.83. The minimum absolute atomic E-state index is 0.0736. The highest BCUT2D eigenvalue weighted by atomic mass is 31.2. The van der Waals surface area contributed by atoms with Crippen LogP contribution in [0.1, 0.15) is 26.7 Å². The highest BCUT2D eigenvalue weighted by Crippen LogP contribution is 2.66. The molecule has 2 aromatic carbocycles. The second kappa shape index (κ2) is 7.40. The molecule has 1 unspecified atom stereocenters. The summed E-state index contributed by atoms with van der Waals surface area (Å²) in [6, 6.07) is 19.8. The van der Waals surface area contributed by atoms with Gasteiger partial charge in [-0.05, 0) is 42.5 Å². The molecule has 5 rings (SSSR count). The average molecular weight is 421 g/mol. The number of fused-ring (bicyclic) bond motifs is 1. The van der Waals surface area contributed by atoms with Gasteiger partial charge in [-0.3, -0.25) is 4.57 Å². The molecule has 0 aromatic heterocycles. The van der Waals surface area contributed by atoms with E-state index in [1.165, 1.54) is 5.70 Å². The van der Waals surface area contributed by atoms with Gasteiger partial charge in [0.25, 0.3) is 7.29 Å². The van der Waals surface area contributed by atoms with Crippen LogP contribution in [0.2, 0.25) is 0 Å². The van der Waals surface area contributed by atoms with Crippen LogP contribution in [-0.4, -0.2) is 36.9 Å². The van der Waals surface area contributed by atoms with E-state index in [1.54, 1.807) is 0 Å². The van der Waals surface area contributed by atoms with Gasteiger partial charge in [-0.1, -0.05) is 50.2 Å².